The lowest BCUT2D eigenvalue weighted by molar-refractivity contribution is 0.0322. The molecule has 5 heteroatoms. The summed E-state index contributed by atoms with van der Waals surface area (Å²) in [6.07, 6.45) is 1.43. The maximum atomic E-state index is 12.6. The highest BCUT2D eigenvalue weighted by atomic mass is 16.5. The Morgan fingerprint density at radius 1 is 1.15 bits per heavy atom. The summed E-state index contributed by atoms with van der Waals surface area (Å²) in [6, 6.07) is 15.4. The summed E-state index contributed by atoms with van der Waals surface area (Å²) in [5.74, 6) is 1.39. The predicted octanol–water partition coefficient (Wildman–Crippen LogP) is 3.77. The second kappa shape index (κ2) is 6.89. The van der Waals surface area contributed by atoms with Gasteiger partial charge < -0.3 is 20.1 Å². The molecule has 27 heavy (non-hydrogen) atoms. The van der Waals surface area contributed by atoms with Gasteiger partial charge in [-0.1, -0.05) is 30.3 Å². The van der Waals surface area contributed by atoms with Gasteiger partial charge in [0.15, 0.2) is 0 Å². The molecule has 2 aromatic carbocycles. The van der Waals surface area contributed by atoms with E-state index >= 15 is 0 Å². The lowest BCUT2D eigenvalue weighted by atomic mass is 9.87. The summed E-state index contributed by atoms with van der Waals surface area (Å²) in [5, 5.41) is 14.2. The second-order valence-corrected chi connectivity index (χ2v) is 7.84. The van der Waals surface area contributed by atoms with E-state index in [0.717, 1.165) is 22.6 Å². The van der Waals surface area contributed by atoms with E-state index < -0.39 is 5.60 Å². The first kappa shape index (κ1) is 17.9. The first-order valence-electron chi connectivity index (χ1n) is 9.47. The first-order valence-corrected chi connectivity index (χ1v) is 9.47. The zero-order valence-electron chi connectivity index (χ0n) is 15.8. The molecule has 1 saturated carbocycles. The summed E-state index contributed by atoms with van der Waals surface area (Å²) in [7, 11) is 1.61. The number of rotatable bonds is 3. The number of benzene rings is 2. The first-order chi connectivity index (χ1) is 13.0. The third-order valence-corrected chi connectivity index (χ3v) is 6.03. The van der Waals surface area contributed by atoms with Crippen molar-refractivity contribution in [2.75, 3.05) is 25.5 Å². The Morgan fingerprint density at radius 2 is 1.85 bits per heavy atom. The third kappa shape index (κ3) is 3.39. The largest absolute Gasteiger partial charge is 0.497 e. The number of aliphatic hydroxyl groups is 1. The minimum absolute atomic E-state index is 0.0860. The number of carbonyl (C=O) groups is 1. The normalized spacial score (nSPS) is 26.7. The van der Waals surface area contributed by atoms with E-state index in [1.165, 1.54) is 0 Å². The van der Waals surface area contributed by atoms with Gasteiger partial charge in [0, 0.05) is 24.8 Å². The highest BCUT2D eigenvalue weighted by molar-refractivity contribution is 5.89. The van der Waals surface area contributed by atoms with E-state index in [2.05, 4.69) is 18.3 Å². The Labute approximate surface area is 160 Å². The van der Waals surface area contributed by atoms with E-state index in [9.17, 15) is 9.90 Å². The molecule has 2 amide bonds. The van der Waals surface area contributed by atoms with Crippen molar-refractivity contribution in [3.05, 3.63) is 59.7 Å². The number of likely N-dealkylation sites (tertiary alicyclic amines) is 1. The van der Waals surface area contributed by atoms with Crippen LogP contribution in [0.3, 0.4) is 0 Å². The van der Waals surface area contributed by atoms with E-state index in [1.54, 1.807) is 7.11 Å². The van der Waals surface area contributed by atoms with Crippen LogP contribution < -0.4 is 10.1 Å². The topological polar surface area (TPSA) is 61.8 Å². The molecule has 1 aliphatic heterocycles. The lowest BCUT2D eigenvalue weighted by Crippen LogP contribution is -2.35. The van der Waals surface area contributed by atoms with Crippen LogP contribution in [0.5, 0.6) is 5.75 Å². The van der Waals surface area contributed by atoms with Crippen molar-refractivity contribution in [2.45, 2.75) is 25.4 Å². The maximum Gasteiger partial charge on any atom is 0.321 e. The molecule has 0 bridgehead atoms. The molecule has 5 nitrogen and oxygen atoms in total. The zero-order chi connectivity index (χ0) is 19.0. The van der Waals surface area contributed by atoms with Gasteiger partial charge in [-0.15, -0.1) is 0 Å². The molecule has 2 fully saturated rings. The van der Waals surface area contributed by atoms with E-state index in [-0.39, 0.29) is 6.03 Å². The van der Waals surface area contributed by atoms with Gasteiger partial charge in [-0.25, -0.2) is 4.79 Å². The Morgan fingerprint density at radius 3 is 2.52 bits per heavy atom. The van der Waals surface area contributed by atoms with Crippen molar-refractivity contribution >= 4 is 11.7 Å². The third-order valence-electron chi connectivity index (χ3n) is 6.03. The number of anilines is 1. The van der Waals surface area contributed by atoms with Crippen LogP contribution in [0.1, 0.15) is 24.0 Å². The molecule has 142 valence electrons. The number of hydrogen-bond acceptors (Lipinski definition) is 3. The van der Waals surface area contributed by atoms with E-state index in [1.807, 2.05) is 47.4 Å². The number of carbonyl (C=O) groups excluding carboxylic acids is 1. The van der Waals surface area contributed by atoms with Gasteiger partial charge in [-0.2, -0.15) is 0 Å². The Hall–Kier alpha value is -2.53. The average molecular weight is 366 g/mol. The Kier molecular flexibility index (Phi) is 4.56. The maximum absolute atomic E-state index is 12.6. The van der Waals surface area contributed by atoms with Crippen LogP contribution in [0.2, 0.25) is 0 Å². The van der Waals surface area contributed by atoms with Crippen LogP contribution >= 0.6 is 0 Å². The second-order valence-electron chi connectivity index (χ2n) is 7.84. The molecular formula is C22H26N2O3. The summed E-state index contributed by atoms with van der Waals surface area (Å²) >= 11 is 0. The fraction of sp³-hybridized carbons (Fsp3) is 0.409. The van der Waals surface area contributed by atoms with Gasteiger partial charge in [0.2, 0.25) is 0 Å². The summed E-state index contributed by atoms with van der Waals surface area (Å²) in [4.78, 5) is 14.5. The minimum atomic E-state index is -0.768. The monoisotopic (exact) mass is 366 g/mol. The van der Waals surface area contributed by atoms with Gasteiger partial charge in [0.1, 0.15) is 5.75 Å². The highest BCUT2D eigenvalue weighted by Gasteiger charge is 2.50. The molecule has 1 heterocycles. The summed E-state index contributed by atoms with van der Waals surface area (Å²) < 4.78 is 5.20. The van der Waals surface area contributed by atoms with Gasteiger partial charge in [-0.05, 0) is 54.9 Å². The Balaban J connectivity index is 1.41. The number of urea groups is 1. The van der Waals surface area contributed by atoms with Crippen molar-refractivity contribution in [3.63, 3.8) is 0 Å². The number of amides is 2. The fourth-order valence-electron chi connectivity index (χ4n) is 4.74. The predicted molar refractivity (Wildman–Crippen MR) is 105 cm³/mol. The summed E-state index contributed by atoms with van der Waals surface area (Å²) in [5.41, 5.74) is 2.13. The van der Waals surface area contributed by atoms with Crippen LogP contribution in [0, 0.1) is 18.8 Å². The molecule has 2 aromatic rings. The van der Waals surface area contributed by atoms with Gasteiger partial charge in [0.25, 0.3) is 0 Å². The number of nitrogens with zero attached hydrogens (tertiary/aromatic N) is 1. The average Bonchev–Trinajstić information content (AvgIpc) is 3.18. The van der Waals surface area contributed by atoms with Crippen molar-refractivity contribution in [3.8, 4) is 5.75 Å². The lowest BCUT2D eigenvalue weighted by Gasteiger charge is -2.28. The van der Waals surface area contributed by atoms with Crippen LogP contribution in [-0.4, -0.2) is 36.2 Å². The SMILES string of the molecule is COc1cccc(NC(=O)N2C[C@@H]3CC(O)(c4ccccc4C)C[C@@H]3C2)c1. The molecule has 0 spiro atoms. The molecule has 1 aliphatic carbocycles. The quantitative estimate of drug-likeness (QED) is 0.869. The van der Waals surface area contributed by atoms with Gasteiger partial charge in [-0.3, -0.25) is 0 Å². The molecule has 0 aromatic heterocycles. The number of ether oxygens (including phenoxy) is 1. The van der Waals surface area contributed by atoms with E-state index in [0.29, 0.717) is 37.8 Å². The van der Waals surface area contributed by atoms with Crippen LogP contribution in [0.4, 0.5) is 10.5 Å². The molecule has 2 N–H and O–H groups in total. The fourth-order valence-corrected chi connectivity index (χ4v) is 4.74. The van der Waals surface area contributed by atoms with Gasteiger partial charge in [0.05, 0.1) is 12.7 Å². The van der Waals surface area contributed by atoms with Crippen molar-refractivity contribution in [1.82, 2.24) is 4.90 Å². The standard InChI is InChI=1S/C22H26N2O3/c1-15-6-3-4-9-20(15)22(26)11-16-13-24(14-17(16)12-22)21(25)23-18-7-5-8-19(10-18)27-2/h3-10,16-17,26H,11-14H2,1-2H3,(H,23,25)/t16-,17+,22?. The highest BCUT2D eigenvalue weighted by Crippen LogP contribution is 2.49. The zero-order valence-corrected chi connectivity index (χ0v) is 15.8. The van der Waals surface area contributed by atoms with Gasteiger partial charge >= 0.3 is 6.03 Å². The number of hydrogen-bond donors (Lipinski definition) is 2. The van der Waals surface area contributed by atoms with Crippen molar-refractivity contribution < 1.29 is 14.6 Å². The van der Waals surface area contributed by atoms with Crippen LogP contribution in [0.15, 0.2) is 48.5 Å². The van der Waals surface area contributed by atoms with Crippen molar-refractivity contribution in [2.24, 2.45) is 11.8 Å². The Bertz CT molecular complexity index is 837. The molecule has 4 rings (SSSR count). The molecule has 1 saturated heterocycles. The molecular weight excluding hydrogens is 340 g/mol. The van der Waals surface area contributed by atoms with Crippen molar-refractivity contribution in [1.29, 1.82) is 0 Å². The van der Waals surface area contributed by atoms with E-state index in [4.69, 9.17) is 4.74 Å². The summed E-state index contributed by atoms with van der Waals surface area (Å²) in [6.45, 7) is 3.43. The molecule has 2 aliphatic rings. The number of aryl methyl sites for hydroxylation is 1. The molecule has 0 radical (unpaired) electrons. The molecule has 1 unspecified atom stereocenters. The van der Waals surface area contributed by atoms with Crippen LogP contribution in [-0.2, 0) is 5.60 Å². The number of methoxy groups -OCH3 is 1. The molecule has 3 atom stereocenters. The smallest absolute Gasteiger partial charge is 0.321 e. The minimum Gasteiger partial charge on any atom is -0.497 e. The number of fused-ring (bicyclic) bond motifs is 1. The number of nitrogens with one attached hydrogen (secondary N) is 1. The van der Waals surface area contributed by atoms with Crippen LogP contribution in [0.25, 0.3) is 0 Å².